The lowest BCUT2D eigenvalue weighted by molar-refractivity contribution is -0.156. The molecule has 4 aliphatic rings. The molecule has 2 aromatic carbocycles. The van der Waals surface area contributed by atoms with E-state index in [0.29, 0.717) is 62.3 Å². The van der Waals surface area contributed by atoms with Crippen molar-refractivity contribution in [3.05, 3.63) is 69.8 Å². The monoisotopic (exact) mass is 736 g/mol. The lowest BCUT2D eigenvalue weighted by Crippen LogP contribution is -2.57. The van der Waals surface area contributed by atoms with E-state index in [2.05, 4.69) is 10.6 Å². The normalized spacial score (nSPS) is 20.2. The third kappa shape index (κ3) is 10.6. The van der Waals surface area contributed by atoms with E-state index in [9.17, 15) is 62.3 Å². The van der Waals surface area contributed by atoms with Gasteiger partial charge in [-0.3, -0.25) is 19.2 Å². The molecule has 50 heavy (non-hydrogen) atoms. The number of fused-ring (bicyclic) bond motifs is 4. The van der Waals surface area contributed by atoms with E-state index in [0.717, 1.165) is 24.7 Å². The Kier molecular flexibility index (Phi) is 12.7. The fraction of sp³-hybridized carbons (Fsp3) is 0.467. The maximum absolute atomic E-state index is 13.0. The summed E-state index contributed by atoms with van der Waals surface area (Å²) in [7, 11) is 0. The van der Waals surface area contributed by atoms with Gasteiger partial charge in [0, 0.05) is 56.9 Å². The molecule has 2 atom stereocenters. The highest BCUT2D eigenvalue weighted by molar-refractivity contribution is 5.99. The van der Waals surface area contributed by atoms with Crippen molar-refractivity contribution >= 4 is 24.4 Å². The largest absolute Gasteiger partial charge is 0.446 e. The van der Waals surface area contributed by atoms with Gasteiger partial charge >= 0.3 is 24.7 Å². The number of hydrogen-bond donors (Lipinski definition) is 2. The molecule has 2 N–H and O–H groups in total. The quantitative estimate of drug-likeness (QED) is 0.297. The van der Waals surface area contributed by atoms with Crippen molar-refractivity contribution in [2.75, 3.05) is 39.3 Å². The molecule has 0 spiro atoms. The smallest absolute Gasteiger partial charge is 0.333 e. The third-order valence-electron chi connectivity index (χ3n) is 7.73. The van der Waals surface area contributed by atoms with E-state index in [-0.39, 0.29) is 23.6 Å². The van der Waals surface area contributed by atoms with E-state index >= 15 is 0 Å². The number of piperazine rings is 2. The first-order valence-corrected chi connectivity index (χ1v) is 14.6. The number of rotatable bonds is 0. The molecule has 4 heterocycles. The van der Waals surface area contributed by atoms with Gasteiger partial charge in [-0.2, -0.15) is 52.7 Å². The van der Waals surface area contributed by atoms with E-state index in [1.54, 1.807) is 15.9 Å². The molecule has 4 aliphatic heterocycles. The summed E-state index contributed by atoms with van der Waals surface area (Å²) in [5.41, 5.74) is -0.239. The van der Waals surface area contributed by atoms with E-state index in [1.165, 1.54) is 12.1 Å². The summed E-state index contributed by atoms with van der Waals surface area (Å²) in [6.07, 6.45) is -19.3. The third-order valence-corrected chi connectivity index (χ3v) is 7.73. The Morgan fingerprint density at radius 1 is 0.640 bits per heavy atom. The van der Waals surface area contributed by atoms with Gasteiger partial charge in [0.05, 0.1) is 16.7 Å². The second-order valence-corrected chi connectivity index (χ2v) is 11.1. The number of nitrogens with zero attached hydrogens (tertiary/aromatic N) is 2. The van der Waals surface area contributed by atoms with Crippen LogP contribution in [-0.2, 0) is 34.8 Å². The van der Waals surface area contributed by atoms with Crippen LogP contribution in [0.25, 0.3) is 0 Å². The van der Waals surface area contributed by atoms with Crippen LogP contribution >= 0.6 is 0 Å². The topological polar surface area (TPSA) is 98.8 Å². The fourth-order valence-electron chi connectivity index (χ4n) is 5.63. The number of halogens is 12. The van der Waals surface area contributed by atoms with E-state index in [4.69, 9.17) is 9.59 Å². The van der Waals surface area contributed by atoms with Crippen molar-refractivity contribution in [1.82, 2.24) is 20.4 Å². The molecule has 0 bridgehead atoms. The van der Waals surface area contributed by atoms with Crippen LogP contribution in [0, 0.1) is 0 Å². The minimum Gasteiger partial charge on any atom is -0.333 e. The van der Waals surface area contributed by atoms with Gasteiger partial charge in [0.2, 0.25) is 12.6 Å². The van der Waals surface area contributed by atoms with Gasteiger partial charge in [-0.15, -0.1) is 0 Å². The predicted molar refractivity (Wildman–Crippen MR) is 150 cm³/mol. The Morgan fingerprint density at radius 2 is 1.12 bits per heavy atom. The maximum Gasteiger partial charge on any atom is 0.446 e. The van der Waals surface area contributed by atoms with E-state index in [1.807, 2.05) is 0 Å². The van der Waals surface area contributed by atoms with Gasteiger partial charge in [-0.1, -0.05) is 12.1 Å². The fourth-order valence-corrected chi connectivity index (χ4v) is 5.63. The van der Waals surface area contributed by atoms with Gasteiger partial charge in [0.25, 0.3) is 11.8 Å². The Balaban J connectivity index is 0.000000206. The number of hydrogen-bond acceptors (Lipinski definition) is 6. The van der Waals surface area contributed by atoms with Crippen molar-refractivity contribution < 1.29 is 71.9 Å². The molecule has 0 radical (unpaired) electrons. The molecule has 0 aliphatic carbocycles. The first kappa shape index (κ1) is 40.2. The molecular formula is C30H28F12N4O4. The van der Waals surface area contributed by atoms with Crippen LogP contribution in [-0.4, -0.2) is 97.9 Å². The summed E-state index contributed by atoms with van der Waals surface area (Å²) in [4.78, 5) is 45.3. The van der Waals surface area contributed by atoms with Crippen LogP contribution in [0.5, 0.6) is 0 Å². The summed E-state index contributed by atoms with van der Waals surface area (Å²) >= 11 is 0. The Morgan fingerprint density at radius 3 is 1.58 bits per heavy atom. The molecule has 6 rings (SSSR count). The highest BCUT2D eigenvalue weighted by Crippen LogP contribution is 2.37. The predicted octanol–water partition coefficient (Wildman–Crippen LogP) is 4.85. The molecule has 0 unspecified atom stereocenters. The number of carbonyl (C=O) groups is 4. The SMILES string of the molecule is O=C1c2c(cccc2C(F)(F)F)C[C@@H]2CNCCN12.O=C1c2ccc(C(F)(F)F)cc2C[C@@H]2CNCCN12.O=CC(F)(F)F.O=CC(F)(F)F. The Bertz CT molecular complexity index is 1520. The van der Waals surface area contributed by atoms with Crippen molar-refractivity contribution in [1.29, 1.82) is 0 Å². The van der Waals surface area contributed by atoms with E-state index < -0.39 is 54.3 Å². The first-order chi connectivity index (χ1) is 23.1. The van der Waals surface area contributed by atoms with Crippen LogP contribution < -0.4 is 10.6 Å². The van der Waals surface area contributed by atoms with Gasteiger partial charge in [0.15, 0.2) is 0 Å². The molecule has 2 saturated heterocycles. The number of benzene rings is 2. The lowest BCUT2D eigenvalue weighted by Gasteiger charge is -2.40. The Hall–Kier alpha value is -4.20. The highest BCUT2D eigenvalue weighted by atomic mass is 19.4. The summed E-state index contributed by atoms with van der Waals surface area (Å²) in [5, 5.41) is 6.33. The highest BCUT2D eigenvalue weighted by Gasteiger charge is 2.42. The average molecular weight is 737 g/mol. The molecule has 0 aromatic heterocycles. The number of aldehydes is 2. The van der Waals surface area contributed by atoms with Crippen LogP contribution in [0.1, 0.15) is 43.0 Å². The molecule has 20 heteroatoms. The van der Waals surface area contributed by atoms with Crippen LogP contribution in [0.2, 0.25) is 0 Å². The van der Waals surface area contributed by atoms with Crippen molar-refractivity contribution in [3.63, 3.8) is 0 Å². The van der Waals surface area contributed by atoms with Crippen LogP contribution in [0.3, 0.4) is 0 Å². The minimum atomic E-state index is -4.64. The van der Waals surface area contributed by atoms with Gasteiger partial charge in [-0.05, 0) is 48.2 Å². The maximum atomic E-state index is 13.0. The van der Waals surface area contributed by atoms with Gasteiger partial charge in [-0.25, -0.2) is 0 Å². The van der Waals surface area contributed by atoms with Crippen molar-refractivity contribution in [2.24, 2.45) is 0 Å². The minimum absolute atomic E-state index is 0.0303. The van der Waals surface area contributed by atoms with Crippen LogP contribution in [0.4, 0.5) is 52.7 Å². The zero-order valence-corrected chi connectivity index (χ0v) is 25.5. The van der Waals surface area contributed by atoms with Crippen molar-refractivity contribution in [2.45, 2.75) is 49.6 Å². The molecule has 2 amide bonds. The number of alkyl halides is 12. The lowest BCUT2D eigenvalue weighted by atomic mass is 9.89. The second kappa shape index (κ2) is 15.8. The zero-order valence-electron chi connectivity index (χ0n) is 25.5. The number of nitrogens with one attached hydrogen (secondary N) is 2. The second-order valence-electron chi connectivity index (χ2n) is 11.1. The molecule has 276 valence electrons. The Labute approximate surface area is 275 Å². The number of carbonyl (C=O) groups excluding carboxylic acids is 4. The summed E-state index contributed by atoms with van der Waals surface area (Å²) in [6, 6.07) is 7.32. The average Bonchev–Trinajstić information content (AvgIpc) is 3.04. The number of amides is 2. The van der Waals surface area contributed by atoms with Crippen molar-refractivity contribution in [3.8, 4) is 0 Å². The van der Waals surface area contributed by atoms with Gasteiger partial charge in [0.1, 0.15) is 0 Å². The molecular weight excluding hydrogens is 708 g/mol. The molecule has 2 aromatic rings. The zero-order chi connectivity index (χ0) is 37.7. The summed E-state index contributed by atoms with van der Waals surface area (Å²) < 4.78 is 140. The first-order valence-electron chi connectivity index (χ1n) is 14.6. The molecule has 2 fully saturated rings. The molecule has 8 nitrogen and oxygen atoms in total. The van der Waals surface area contributed by atoms with Gasteiger partial charge < -0.3 is 20.4 Å². The summed E-state index contributed by atoms with van der Waals surface area (Å²) in [6.45, 7) is 3.73. The summed E-state index contributed by atoms with van der Waals surface area (Å²) in [5.74, 6) is -0.637. The molecule has 0 saturated carbocycles. The standard InChI is InChI=1S/2C13H13F3N2O.2C2HF3O/c14-13(15,16)9-1-2-11-8(5-9)6-10-7-17-3-4-18(10)12(11)19;14-13(15,16)10-3-1-2-8-6-9-7-17-4-5-18(9)12(19)11(8)10;2*3-2(4,5)1-6/h1-2,5,10,17H,3-4,6-7H2;1-3,9,17H,4-7H2;2*1H/t10-;9-;;/m11../s1. The van der Waals surface area contributed by atoms with Crippen LogP contribution in [0.15, 0.2) is 36.4 Å².